The Hall–Kier alpha value is -8.50. The first-order valence-corrected chi connectivity index (χ1v) is 40.8. The van der Waals surface area contributed by atoms with Crippen LogP contribution < -0.4 is 0 Å². The number of aryl methyl sites for hydroxylation is 14. The van der Waals surface area contributed by atoms with Crippen LogP contribution in [-0.4, -0.2) is 235 Å². The average molecular weight is 1720 g/mol. The van der Waals surface area contributed by atoms with E-state index in [9.17, 15) is 0 Å². The second kappa shape index (κ2) is 77.5. The van der Waals surface area contributed by atoms with Crippen molar-refractivity contribution in [2.75, 3.05) is 183 Å². The van der Waals surface area contributed by atoms with Crippen molar-refractivity contribution < 1.29 is 116 Å². The summed E-state index contributed by atoms with van der Waals surface area (Å²) in [5.74, 6) is 8.50. The van der Waals surface area contributed by atoms with Gasteiger partial charge in [0, 0.05) is 204 Å². The molecular weight excluding hydrogens is 1570 g/mol. The number of nitrogens with zero attached hydrogens (tertiary/aromatic N) is 10. The minimum Gasteiger partial charge on any atom is -0.385 e. The minimum atomic E-state index is 0.487. The quantitative estimate of drug-likeness (QED) is 0.0319. The molecule has 35 nitrogen and oxygen atoms in total. The highest BCUT2D eigenvalue weighted by molar-refractivity contribution is 5.09. The number of rotatable bonds is 51. The average Bonchev–Trinajstić information content (AvgIpc) is 1.83. The Morgan fingerprint density at radius 3 is 0.678 bits per heavy atom. The molecule has 35 heteroatoms. The van der Waals surface area contributed by atoms with Crippen molar-refractivity contribution in [3.05, 3.63) is 175 Å². The fraction of sp³-hybridized carbons (Fsp3) is 0.651. The zero-order chi connectivity index (χ0) is 88.8. The smallest absolute Gasteiger partial charge is 0.134 e. The number of methoxy groups -OCH3 is 10. The van der Waals surface area contributed by atoms with Gasteiger partial charge in [-0.1, -0.05) is 58.0 Å². The van der Waals surface area contributed by atoms with Crippen LogP contribution in [0.2, 0.25) is 0 Å². The third-order valence-electron chi connectivity index (χ3n) is 15.5. The van der Waals surface area contributed by atoms with Gasteiger partial charge >= 0.3 is 0 Å². The maximum absolute atomic E-state index is 5.39. The van der Waals surface area contributed by atoms with Gasteiger partial charge in [-0.2, -0.15) is 0 Å². The molecule has 0 N–H and O–H groups in total. The van der Waals surface area contributed by atoms with Crippen molar-refractivity contribution in [2.24, 2.45) is 0 Å². The molecule has 10 aromatic heterocycles. The SMILES string of the molecule is COCCCCCc1cc(C)on1.COCCCCc1cc(C)on1.COCCCOCCc1cc(C)on1.COCCCOCc1cc(C)on1.COCCCc1cc(C)on1.COCCOCCCc1cc(C)on1.COCCOCCc1cc(C)on1.COCCOCc1cc(C)on1.COCCc1cc(C)on1.COCc1cc(C)on1. The van der Waals surface area contributed by atoms with E-state index in [1.54, 1.807) is 71.1 Å². The number of aromatic nitrogens is 10. The summed E-state index contributed by atoms with van der Waals surface area (Å²) in [5.41, 5.74) is 9.48. The summed E-state index contributed by atoms with van der Waals surface area (Å²) >= 11 is 0. The third-order valence-corrected chi connectivity index (χ3v) is 15.5. The van der Waals surface area contributed by atoms with Crippen molar-refractivity contribution in [3.63, 3.8) is 0 Å². The first kappa shape index (κ1) is 111. The summed E-state index contributed by atoms with van der Waals surface area (Å²) < 4.78 is 124. The summed E-state index contributed by atoms with van der Waals surface area (Å²) in [6.07, 6.45) is 15.8. The van der Waals surface area contributed by atoms with Gasteiger partial charge in [-0.05, 0) is 146 Å². The maximum Gasteiger partial charge on any atom is 0.134 e. The van der Waals surface area contributed by atoms with Gasteiger partial charge in [-0.25, -0.2) is 0 Å². The molecule has 0 aliphatic heterocycles. The van der Waals surface area contributed by atoms with Crippen molar-refractivity contribution in [1.29, 1.82) is 0 Å². The molecule has 0 bridgehead atoms. The molecule has 0 unspecified atom stereocenters. The highest BCUT2D eigenvalue weighted by Crippen LogP contribution is 2.12. The molecule has 121 heavy (non-hydrogen) atoms. The Bertz CT molecular complexity index is 3610. The van der Waals surface area contributed by atoms with E-state index in [1.165, 1.54) is 6.42 Å². The van der Waals surface area contributed by atoms with Crippen LogP contribution in [-0.2, 0) is 136 Å². The lowest BCUT2D eigenvalue weighted by atomic mass is 10.1. The molecule has 10 heterocycles. The molecule has 0 fully saturated rings. The molecule has 0 amide bonds. The standard InChI is InChI=1S/2C10H17NO3.C10H17NO2.2C9H15NO3.C9H15NO2.C8H13NO3.C8H13NO2.C7H11NO2.C6H9NO2/c1-9-8-10(11-14-9)4-7-13-6-3-5-12-2;1-9-8-10(11-14-9)4-3-5-13-7-6-12-2;1-9-8-10(11-13-9)6-4-3-5-7-12-2;1-8-7-9(10-13-8)3-4-12-6-5-11-2;1-8-6-9(10-13-8)7-12-5-3-4-11-2;1-8-7-9(10-12-8)5-3-4-6-11-2;1-7-5-8(9-12-7)6-11-4-3-10-2;1-7-6-8(9-11-7)4-3-5-10-2;1-6-5-7(8-10-6)3-4-9-2;1-5-3-6(4-8-2)7-9-5/h2*8H,3-7H2,1-2H3;8H,3-7H2,1-2H3;7H,3-6H2,1-2H3;6H,3-5,7H2,1-2H3;7H,3-6H2,1-2H3;5H,3-4,6H2,1-2H3;6H,3-5H2,1-2H3;5H,3-4H2,1-2H3;3H,4H2,1-2H3. The first-order chi connectivity index (χ1) is 58.8. The van der Waals surface area contributed by atoms with Gasteiger partial charge in [0.2, 0.25) is 0 Å². The second-order valence-corrected chi connectivity index (χ2v) is 27.0. The number of ether oxygens (including phenoxy) is 15. The van der Waals surface area contributed by atoms with E-state index in [4.69, 9.17) is 116 Å². The van der Waals surface area contributed by atoms with Gasteiger partial charge in [0.05, 0.1) is 119 Å². The molecule has 0 radical (unpaired) electrons. The molecular formula is C86H142N10O25. The van der Waals surface area contributed by atoms with E-state index in [-0.39, 0.29) is 0 Å². The van der Waals surface area contributed by atoms with Gasteiger partial charge < -0.3 is 116 Å². The largest absolute Gasteiger partial charge is 0.385 e. The lowest BCUT2D eigenvalue weighted by Crippen LogP contribution is -2.04. The summed E-state index contributed by atoms with van der Waals surface area (Å²) in [6.45, 7) is 32.3. The predicted molar refractivity (Wildman–Crippen MR) is 449 cm³/mol. The Morgan fingerprint density at radius 1 is 0.165 bits per heavy atom. The Balaban J connectivity index is 0.000000674. The number of hydrogen-bond acceptors (Lipinski definition) is 35. The lowest BCUT2D eigenvalue weighted by Gasteiger charge is -2.01. The van der Waals surface area contributed by atoms with Crippen LogP contribution in [0.4, 0.5) is 0 Å². The van der Waals surface area contributed by atoms with Crippen LogP contribution in [0.15, 0.2) is 106 Å². The van der Waals surface area contributed by atoms with Crippen LogP contribution in [0, 0.1) is 69.2 Å². The van der Waals surface area contributed by atoms with E-state index < -0.39 is 0 Å². The van der Waals surface area contributed by atoms with Crippen LogP contribution in [0.1, 0.15) is 172 Å². The zero-order valence-corrected chi connectivity index (χ0v) is 75.9. The monoisotopic (exact) mass is 1720 g/mol. The van der Waals surface area contributed by atoms with Crippen LogP contribution in [0.25, 0.3) is 0 Å². The maximum atomic E-state index is 5.39. The highest BCUT2D eigenvalue weighted by Gasteiger charge is 2.07. The normalized spacial score (nSPS) is 10.5. The molecule has 0 saturated carbocycles. The van der Waals surface area contributed by atoms with E-state index in [2.05, 4.69) is 51.6 Å². The summed E-state index contributed by atoms with van der Waals surface area (Å²) in [6, 6.07) is 19.2. The van der Waals surface area contributed by atoms with Crippen molar-refractivity contribution in [2.45, 2.75) is 192 Å². The number of unbranched alkanes of at least 4 members (excludes halogenated alkanes) is 3. The van der Waals surface area contributed by atoms with E-state index in [0.29, 0.717) is 85.9 Å². The predicted octanol–water partition coefficient (Wildman–Crippen LogP) is 15.2. The van der Waals surface area contributed by atoms with Gasteiger partial charge in [0.25, 0.3) is 0 Å². The Kier molecular flexibility index (Phi) is 70.8. The molecule has 10 aromatic rings. The van der Waals surface area contributed by atoms with Crippen LogP contribution in [0.3, 0.4) is 0 Å². The molecule has 0 aliphatic rings. The number of hydrogen-bond donors (Lipinski definition) is 0. The fourth-order valence-corrected chi connectivity index (χ4v) is 9.65. The minimum absolute atomic E-state index is 0.487. The van der Waals surface area contributed by atoms with E-state index >= 15 is 0 Å². The van der Waals surface area contributed by atoms with Gasteiger partial charge in [0.1, 0.15) is 74.7 Å². The first-order valence-electron chi connectivity index (χ1n) is 40.8. The van der Waals surface area contributed by atoms with E-state index in [1.807, 2.05) is 130 Å². The van der Waals surface area contributed by atoms with Gasteiger partial charge in [-0.3, -0.25) is 0 Å². The fourth-order valence-electron chi connectivity index (χ4n) is 9.65. The molecule has 686 valence electrons. The third kappa shape index (κ3) is 65.8. The Morgan fingerprint density at radius 2 is 0.372 bits per heavy atom. The topological polar surface area (TPSA) is 399 Å². The van der Waals surface area contributed by atoms with Crippen LogP contribution in [0.5, 0.6) is 0 Å². The second-order valence-electron chi connectivity index (χ2n) is 27.0. The van der Waals surface area contributed by atoms with Crippen molar-refractivity contribution >= 4 is 0 Å². The Labute approximate surface area is 715 Å². The van der Waals surface area contributed by atoms with Crippen LogP contribution >= 0.6 is 0 Å². The van der Waals surface area contributed by atoms with E-state index in [0.717, 1.165) is 257 Å². The van der Waals surface area contributed by atoms with Crippen molar-refractivity contribution in [3.8, 4) is 0 Å². The molecule has 0 atom stereocenters. The molecule has 0 aliphatic carbocycles. The van der Waals surface area contributed by atoms with Gasteiger partial charge in [0.15, 0.2) is 0 Å². The lowest BCUT2D eigenvalue weighted by molar-refractivity contribution is 0.0590. The van der Waals surface area contributed by atoms with Crippen molar-refractivity contribution in [1.82, 2.24) is 51.6 Å². The molecule has 0 spiro atoms. The van der Waals surface area contributed by atoms with Gasteiger partial charge in [-0.15, -0.1) is 0 Å². The zero-order valence-electron chi connectivity index (χ0n) is 75.9. The summed E-state index contributed by atoms with van der Waals surface area (Å²) in [5, 5.41) is 38.4. The summed E-state index contributed by atoms with van der Waals surface area (Å²) in [4.78, 5) is 0. The molecule has 0 saturated heterocycles. The summed E-state index contributed by atoms with van der Waals surface area (Å²) in [7, 11) is 16.8. The highest BCUT2D eigenvalue weighted by atomic mass is 16.5. The molecule has 0 aromatic carbocycles. The molecule has 10 rings (SSSR count).